The molecule has 3 aromatic carbocycles. The van der Waals surface area contributed by atoms with Crippen LogP contribution in [0.1, 0.15) is 35.7 Å². The molecule has 3 aromatic rings. The number of nitrogens with zero attached hydrogens (tertiary/aromatic N) is 1. The lowest BCUT2D eigenvalue weighted by Gasteiger charge is -2.31. The van der Waals surface area contributed by atoms with Gasteiger partial charge < -0.3 is 10.1 Å². The molecule has 0 saturated carbocycles. The van der Waals surface area contributed by atoms with Crippen LogP contribution in [0.15, 0.2) is 77.7 Å². The molecule has 1 saturated heterocycles. The maximum Gasteiger partial charge on any atom is 0.255 e. The van der Waals surface area contributed by atoms with Crippen molar-refractivity contribution in [1.82, 2.24) is 4.31 Å². The first-order chi connectivity index (χ1) is 16.9. The summed E-state index contributed by atoms with van der Waals surface area (Å²) in [6.07, 6.45) is 2.58. The highest BCUT2D eigenvalue weighted by molar-refractivity contribution is 7.89. The number of amides is 1. The molecule has 0 radical (unpaired) electrons. The van der Waals surface area contributed by atoms with E-state index in [4.69, 9.17) is 16.3 Å². The van der Waals surface area contributed by atoms with Crippen molar-refractivity contribution in [3.63, 3.8) is 0 Å². The molecule has 0 aromatic heterocycles. The van der Waals surface area contributed by atoms with Crippen molar-refractivity contribution in [2.24, 2.45) is 5.92 Å². The molecule has 8 heteroatoms. The summed E-state index contributed by atoms with van der Waals surface area (Å²) in [7, 11) is -3.71. The summed E-state index contributed by atoms with van der Waals surface area (Å²) >= 11 is 5.91. The van der Waals surface area contributed by atoms with Crippen molar-refractivity contribution in [2.75, 3.05) is 25.0 Å². The molecule has 6 nitrogen and oxygen atoms in total. The van der Waals surface area contributed by atoms with Gasteiger partial charge in [0.25, 0.3) is 5.91 Å². The number of piperidine rings is 1. The van der Waals surface area contributed by atoms with E-state index >= 15 is 0 Å². The number of nitrogens with one attached hydrogen (secondary N) is 1. The number of carbonyl (C=O) groups is 1. The van der Waals surface area contributed by atoms with Gasteiger partial charge in [-0.25, -0.2) is 8.42 Å². The summed E-state index contributed by atoms with van der Waals surface area (Å²) < 4.78 is 34.0. The first kappa shape index (κ1) is 25.2. The van der Waals surface area contributed by atoms with Gasteiger partial charge in [0.05, 0.1) is 17.2 Å². The molecule has 4 rings (SSSR count). The Morgan fingerprint density at radius 2 is 1.71 bits per heavy atom. The molecule has 184 valence electrons. The van der Waals surface area contributed by atoms with E-state index in [1.807, 2.05) is 25.1 Å². The molecular formula is C27H29ClN2O4S. The Balaban J connectivity index is 1.49. The van der Waals surface area contributed by atoms with Gasteiger partial charge in [-0.05, 0) is 80.1 Å². The number of ether oxygens (including phenoxy) is 1. The quantitative estimate of drug-likeness (QED) is 0.424. The smallest absolute Gasteiger partial charge is 0.255 e. The highest BCUT2D eigenvalue weighted by Gasteiger charge is 2.30. The second kappa shape index (κ2) is 11.2. The fraction of sp³-hybridized carbons (Fsp3) is 0.296. The largest absolute Gasteiger partial charge is 0.492 e. The molecule has 35 heavy (non-hydrogen) atoms. The molecule has 1 N–H and O–H groups in total. The number of hydrogen-bond donors (Lipinski definition) is 1. The van der Waals surface area contributed by atoms with Gasteiger partial charge in [0, 0.05) is 23.7 Å². The van der Waals surface area contributed by atoms with Crippen molar-refractivity contribution < 1.29 is 17.9 Å². The Morgan fingerprint density at radius 1 is 1.03 bits per heavy atom. The Morgan fingerprint density at radius 3 is 2.37 bits per heavy atom. The third-order valence-corrected chi connectivity index (χ3v) is 8.33. The standard InChI is InChI=1S/C27H29ClN2O4S/c1-2-34-26-13-12-24(19-25(26)29-27(31)22-8-10-23(28)11-9-22)35(32,33)30-16-14-21(15-17-30)18-20-6-4-3-5-7-20/h3-13,19,21H,2,14-18H2,1H3,(H,29,31). The van der Waals surface area contributed by atoms with Crippen LogP contribution in [0.2, 0.25) is 5.02 Å². The molecule has 1 aliphatic rings. The topological polar surface area (TPSA) is 75.7 Å². The van der Waals surface area contributed by atoms with Gasteiger partial charge in [0.2, 0.25) is 10.0 Å². The Bertz CT molecular complexity index is 1260. The zero-order valence-electron chi connectivity index (χ0n) is 19.6. The Hall–Kier alpha value is -2.87. The van der Waals surface area contributed by atoms with Crippen LogP contribution >= 0.6 is 11.6 Å². The zero-order chi connectivity index (χ0) is 24.8. The number of sulfonamides is 1. The van der Waals surface area contributed by atoms with Crippen molar-refractivity contribution in [1.29, 1.82) is 0 Å². The van der Waals surface area contributed by atoms with Crippen LogP contribution in [0.25, 0.3) is 0 Å². The minimum atomic E-state index is -3.71. The third-order valence-electron chi connectivity index (χ3n) is 6.18. The van der Waals surface area contributed by atoms with E-state index in [9.17, 15) is 13.2 Å². The average molecular weight is 513 g/mol. The number of anilines is 1. The van der Waals surface area contributed by atoms with Gasteiger partial charge in [0.15, 0.2) is 0 Å². The summed E-state index contributed by atoms with van der Waals surface area (Å²) in [6, 6.07) is 21.4. The summed E-state index contributed by atoms with van der Waals surface area (Å²) in [5.74, 6) is 0.493. The Kier molecular flexibility index (Phi) is 8.11. The van der Waals surface area contributed by atoms with E-state index in [0.29, 0.717) is 47.6 Å². The second-order valence-electron chi connectivity index (χ2n) is 8.59. The monoisotopic (exact) mass is 512 g/mol. The van der Waals surface area contributed by atoms with E-state index < -0.39 is 10.0 Å². The fourth-order valence-electron chi connectivity index (χ4n) is 4.29. The predicted molar refractivity (Wildman–Crippen MR) is 139 cm³/mol. The van der Waals surface area contributed by atoms with Gasteiger partial charge >= 0.3 is 0 Å². The summed E-state index contributed by atoms with van der Waals surface area (Å²) in [5.41, 5.74) is 2.00. The average Bonchev–Trinajstić information content (AvgIpc) is 2.86. The maximum absolute atomic E-state index is 13.4. The van der Waals surface area contributed by atoms with E-state index in [-0.39, 0.29) is 10.8 Å². The molecule has 0 atom stereocenters. The maximum atomic E-state index is 13.4. The molecule has 1 heterocycles. The SMILES string of the molecule is CCOc1ccc(S(=O)(=O)N2CCC(Cc3ccccc3)CC2)cc1NC(=O)c1ccc(Cl)cc1. The molecule has 0 aliphatic carbocycles. The number of benzene rings is 3. The highest BCUT2D eigenvalue weighted by atomic mass is 35.5. The lowest BCUT2D eigenvalue weighted by molar-refractivity contribution is 0.102. The first-order valence-electron chi connectivity index (χ1n) is 11.7. The molecule has 1 aliphatic heterocycles. The first-order valence-corrected chi connectivity index (χ1v) is 13.6. The van der Waals surface area contributed by atoms with Crippen LogP contribution in [0.4, 0.5) is 5.69 Å². The van der Waals surface area contributed by atoms with Gasteiger partial charge in [0.1, 0.15) is 5.75 Å². The van der Waals surface area contributed by atoms with Gasteiger partial charge in [-0.1, -0.05) is 41.9 Å². The molecular weight excluding hydrogens is 484 g/mol. The molecule has 1 fully saturated rings. The van der Waals surface area contributed by atoms with Gasteiger partial charge in [-0.2, -0.15) is 4.31 Å². The van der Waals surface area contributed by atoms with E-state index in [2.05, 4.69) is 17.4 Å². The number of rotatable bonds is 8. The van der Waals surface area contributed by atoms with Crippen LogP contribution in [-0.4, -0.2) is 38.3 Å². The van der Waals surface area contributed by atoms with Gasteiger partial charge in [-0.15, -0.1) is 0 Å². The zero-order valence-corrected chi connectivity index (χ0v) is 21.2. The normalized spacial score (nSPS) is 15.0. The predicted octanol–water partition coefficient (Wildman–Crippen LogP) is 5.63. The van der Waals surface area contributed by atoms with E-state index in [1.54, 1.807) is 30.3 Å². The molecule has 0 unspecified atom stereocenters. The molecule has 1 amide bonds. The van der Waals surface area contributed by atoms with E-state index in [0.717, 1.165) is 19.3 Å². The number of hydrogen-bond acceptors (Lipinski definition) is 4. The van der Waals surface area contributed by atoms with Crippen LogP contribution in [0.3, 0.4) is 0 Å². The molecule has 0 bridgehead atoms. The van der Waals surface area contributed by atoms with Crippen molar-refractivity contribution in [3.8, 4) is 5.75 Å². The lowest BCUT2D eigenvalue weighted by Crippen LogP contribution is -2.38. The highest BCUT2D eigenvalue weighted by Crippen LogP contribution is 2.32. The molecule has 0 spiro atoms. The second-order valence-corrected chi connectivity index (χ2v) is 11.0. The Labute approximate surface area is 211 Å². The van der Waals surface area contributed by atoms with Gasteiger partial charge in [-0.3, -0.25) is 4.79 Å². The van der Waals surface area contributed by atoms with Crippen molar-refractivity contribution in [2.45, 2.75) is 31.1 Å². The third kappa shape index (κ3) is 6.23. The van der Waals surface area contributed by atoms with E-state index in [1.165, 1.54) is 22.0 Å². The van der Waals surface area contributed by atoms with Crippen LogP contribution in [0.5, 0.6) is 5.75 Å². The van der Waals surface area contributed by atoms with Crippen LogP contribution < -0.4 is 10.1 Å². The van der Waals surface area contributed by atoms with Crippen molar-refractivity contribution in [3.05, 3.63) is 88.9 Å². The summed E-state index contributed by atoms with van der Waals surface area (Å²) in [5, 5.41) is 3.32. The minimum Gasteiger partial charge on any atom is -0.492 e. The minimum absolute atomic E-state index is 0.133. The van der Waals surface area contributed by atoms with Crippen molar-refractivity contribution >= 4 is 33.2 Å². The van der Waals surface area contributed by atoms with Crippen LogP contribution in [0, 0.1) is 5.92 Å². The fourth-order valence-corrected chi connectivity index (χ4v) is 5.92. The summed E-state index contributed by atoms with van der Waals surface area (Å²) in [6.45, 7) is 3.15. The number of halogens is 1. The van der Waals surface area contributed by atoms with Crippen LogP contribution in [-0.2, 0) is 16.4 Å². The summed E-state index contributed by atoms with van der Waals surface area (Å²) in [4.78, 5) is 12.9. The number of carbonyl (C=O) groups excluding carboxylic acids is 1. The lowest BCUT2D eigenvalue weighted by atomic mass is 9.91.